The van der Waals surface area contributed by atoms with Crippen LogP contribution in [-0.2, 0) is 4.74 Å². The lowest BCUT2D eigenvalue weighted by molar-refractivity contribution is -0.0341. The Kier molecular flexibility index (Phi) is 4.15. The molecule has 0 amide bonds. The molecule has 0 atom stereocenters. The number of hydrogen-bond donors (Lipinski definition) is 0. The van der Waals surface area contributed by atoms with E-state index in [9.17, 15) is 0 Å². The highest BCUT2D eigenvalue weighted by Crippen LogP contribution is 2.31. The van der Waals surface area contributed by atoms with Crippen LogP contribution in [0.25, 0.3) is 0 Å². The Morgan fingerprint density at radius 1 is 1.13 bits per heavy atom. The standard InChI is InChI=1S/C13H19O2/c1-5-14-12(13(2,3)4)15-11-9-7-6-8-10-11/h6-10H,5H2,1-4H3. The van der Waals surface area contributed by atoms with Gasteiger partial charge in [0.25, 0.3) is 6.29 Å². The molecule has 0 heterocycles. The molecule has 0 aliphatic carbocycles. The molecule has 0 aliphatic heterocycles. The predicted molar refractivity (Wildman–Crippen MR) is 61.4 cm³/mol. The Morgan fingerprint density at radius 3 is 2.20 bits per heavy atom. The summed E-state index contributed by atoms with van der Waals surface area (Å²) in [5.41, 5.74) is -0.105. The van der Waals surface area contributed by atoms with Crippen molar-refractivity contribution >= 4 is 0 Å². The van der Waals surface area contributed by atoms with Crippen molar-refractivity contribution < 1.29 is 9.47 Å². The first kappa shape index (κ1) is 12.1. The van der Waals surface area contributed by atoms with Gasteiger partial charge >= 0.3 is 0 Å². The smallest absolute Gasteiger partial charge is 0.282 e. The zero-order valence-corrected chi connectivity index (χ0v) is 9.91. The molecule has 1 aromatic carbocycles. The van der Waals surface area contributed by atoms with Crippen LogP contribution in [0.5, 0.6) is 5.75 Å². The van der Waals surface area contributed by atoms with E-state index in [2.05, 4.69) is 20.8 Å². The third kappa shape index (κ3) is 3.92. The van der Waals surface area contributed by atoms with Gasteiger partial charge in [-0.3, -0.25) is 0 Å². The van der Waals surface area contributed by atoms with E-state index in [0.29, 0.717) is 12.9 Å². The molecule has 1 radical (unpaired) electrons. The lowest BCUT2D eigenvalue weighted by Gasteiger charge is -2.28. The highest BCUT2D eigenvalue weighted by Gasteiger charge is 2.29. The molecular formula is C13H19O2. The third-order valence-electron chi connectivity index (χ3n) is 1.84. The van der Waals surface area contributed by atoms with Crippen molar-refractivity contribution in [3.63, 3.8) is 0 Å². The Bertz CT molecular complexity index is 274. The first-order valence-electron chi connectivity index (χ1n) is 5.27. The fraction of sp³-hybridized carbons (Fsp3) is 0.462. The van der Waals surface area contributed by atoms with E-state index in [1.807, 2.05) is 37.3 Å². The monoisotopic (exact) mass is 207 g/mol. The molecule has 0 saturated heterocycles. The fourth-order valence-corrected chi connectivity index (χ4v) is 1.13. The molecule has 0 N–H and O–H groups in total. The lowest BCUT2D eigenvalue weighted by Crippen LogP contribution is -2.26. The van der Waals surface area contributed by atoms with Gasteiger partial charge in [0.05, 0.1) is 0 Å². The maximum atomic E-state index is 5.71. The van der Waals surface area contributed by atoms with Crippen molar-refractivity contribution in [3.05, 3.63) is 36.6 Å². The summed E-state index contributed by atoms with van der Waals surface area (Å²) in [6.07, 6.45) is 0.663. The van der Waals surface area contributed by atoms with Gasteiger partial charge in [-0.05, 0) is 19.1 Å². The van der Waals surface area contributed by atoms with E-state index in [-0.39, 0.29) is 5.41 Å². The van der Waals surface area contributed by atoms with Gasteiger partial charge in [0, 0.05) is 12.0 Å². The quantitative estimate of drug-likeness (QED) is 0.750. The zero-order chi connectivity index (χ0) is 11.3. The second kappa shape index (κ2) is 5.17. The molecule has 2 nitrogen and oxygen atoms in total. The highest BCUT2D eigenvalue weighted by molar-refractivity contribution is 5.22. The predicted octanol–water partition coefficient (Wildman–Crippen LogP) is 3.64. The second-order valence-electron chi connectivity index (χ2n) is 4.39. The minimum atomic E-state index is -0.105. The maximum absolute atomic E-state index is 5.71. The molecule has 2 heteroatoms. The molecule has 0 unspecified atom stereocenters. The van der Waals surface area contributed by atoms with Crippen LogP contribution in [0.1, 0.15) is 27.7 Å². The Balaban J connectivity index is 2.67. The molecule has 0 spiro atoms. The topological polar surface area (TPSA) is 18.5 Å². The first-order chi connectivity index (χ1) is 7.04. The molecule has 0 aromatic heterocycles. The van der Waals surface area contributed by atoms with Gasteiger partial charge in [-0.1, -0.05) is 39.0 Å². The summed E-state index contributed by atoms with van der Waals surface area (Å²) in [6.45, 7) is 8.79. The molecular weight excluding hydrogens is 188 g/mol. The van der Waals surface area contributed by atoms with Crippen molar-refractivity contribution in [2.45, 2.75) is 27.7 Å². The summed E-state index contributed by atoms with van der Waals surface area (Å²) in [4.78, 5) is 0. The molecule has 1 aromatic rings. The van der Waals surface area contributed by atoms with E-state index in [1.165, 1.54) is 0 Å². The van der Waals surface area contributed by atoms with Crippen LogP contribution < -0.4 is 4.74 Å². The average molecular weight is 207 g/mol. The maximum Gasteiger partial charge on any atom is 0.282 e. The normalized spacial score (nSPS) is 11.8. The van der Waals surface area contributed by atoms with Gasteiger partial charge in [0.15, 0.2) is 0 Å². The summed E-state index contributed by atoms with van der Waals surface area (Å²) in [5, 5.41) is 0. The van der Waals surface area contributed by atoms with Crippen LogP contribution in [0.4, 0.5) is 0 Å². The van der Waals surface area contributed by atoms with E-state index in [4.69, 9.17) is 9.47 Å². The van der Waals surface area contributed by atoms with Crippen LogP contribution >= 0.6 is 0 Å². The van der Waals surface area contributed by atoms with Crippen molar-refractivity contribution in [3.8, 4) is 5.75 Å². The largest absolute Gasteiger partial charge is 0.455 e. The molecule has 15 heavy (non-hydrogen) atoms. The average Bonchev–Trinajstić information content (AvgIpc) is 2.17. The Labute approximate surface area is 92.2 Å². The molecule has 0 aliphatic rings. The number of rotatable bonds is 4. The molecule has 0 fully saturated rings. The molecule has 1 rings (SSSR count). The summed E-state index contributed by atoms with van der Waals surface area (Å²) >= 11 is 0. The molecule has 0 bridgehead atoms. The SMILES string of the molecule is CCO[C](Oc1ccccc1)C(C)(C)C. The second-order valence-corrected chi connectivity index (χ2v) is 4.39. The van der Waals surface area contributed by atoms with E-state index in [0.717, 1.165) is 5.75 Å². The van der Waals surface area contributed by atoms with Crippen molar-refractivity contribution in [1.82, 2.24) is 0 Å². The van der Waals surface area contributed by atoms with Crippen molar-refractivity contribution in [2.75, 3.05) is 6.61 Å². The first-order valence-corrected chi connectivity index (χ1v) is 5.27. The van der Waals surface area contributed by atoms with Crippen LogP contribution in [0.15, 0.2) is 30.3 Å². The number of hydrogen-bond acceptors (Lipinski definition) is 2. The zero-order valence-electron chi connectivity index (χ0n) is 9.91. The summed E-state index contributed by atoms with van der Waals surface area (Å²) in [7, 11) is 0. The minimum Gasteiger partial charge on any atom is -0.455 e. The van der Waals surface area contributed by atoms with Crippen LogP contribution in [0.2, 0.25) is 0 Å². The van der Waals surface area contributed by atoms with E-state index < -0.39 is 0 Å². The highest BCUT2D eigenvalue weighted by atomic mass is 16.7. The van der Waals surface area contributed by atoms with Crippen molar-refractivity contribution in [2.24, 2.45) is 5.41 Å². The van der Waals surface area contributed by atoms with Crippen LogP contribution in [0, 0.1) is 11.7 Å². The van der Waals surface area contributed by atoms with Gasteiger partial charge < -0.3 is 9.47 Å². The van der Waals surface area contributed by atoms with Gasteiger partial charge in [0.2, 0.25) is 0 Å². The van der Waals surface area contributed by atoms with Gasteiger partial charge in [-0.25, -0.2) is 0 Å². The van der Waals surface area contributed by atoms with E-state index in [1.54, 1.807) is 0 Å². The Morgan fingerprint density at radius 2 is 1.73 bits per heavy atom. The Hall–Kier alpha value is -1.02. The van der Waals surface area contributed by atoms with Crippen LogP contribution in [-0.4, -0.2) is 6.61 Å². The van der Waals surface area contributed by atoms with Crippen molar-refractivity contribution in [1.29, 1.82) is 0 Å². The number of ether oxygens (including phenoxy) is 2. The third-order valence-corrected chi connectivity index (χ3v) is 1.84. The number of para-hydroxylation sites is 1. The fourth-order valence-electron chi connectivity index (χ4n) is 1.13. The lowest BCUT2D eigenvalue weighted by atomic mass is 9.96. The number of benzene rings is 1. The van der Waals surface area contributed by atoms with Gasteiger partial charge in [-0.2, -0.15) is 0 Å². The molecule has 0 saturated carbocycles. The summed E-state index contributed by atoms with van der Waals surface area (Å²) in [5.74, 6) is 0.816. The molecule has 83 valence electrons. The van der Waals surface area contributed by atoms with Crippen LogP contribution in [0.3, 0.4) is 0 Å². The van der Waals surface area contributed by atoms with E-state index >= 15 is 0 Å². The minimum absolute atomic E-state index is 0.105. The summed E-state index contributed by atoms with van der Waals surface area (Å²) in [6, 6.07) is 9.70. The van der Waals surface area contributed by atoms with Gasteiger partial charge in [-0.15, -0.1) is 0 Å². The van der Waals surface area contributed by atoms with Gasteiger partial charge in [0.1, 0.15) is 5.75 Å². The summed E-state index contributed by atoms with van der Waals surface area (Å²) < 4.78 is 11.2.